The zero-order valence-electron chi connectivity index (χ0n) is 17.1. The number of benzene rings is 2. The van der Waals surface area contributed by atoms with Crippen LogP contribution in [0.15, 0.2) is 53.0 Å². The van der Waals surface area contributed by atoms with E-state index in [4.69, 9.17) is 11.6 Å². The lowest BCUT2D eigenvalue weighted by Crippen LogP contribution is -2.52. The highest BCUT2D eigenvalue weighted by atomic mass is 79.9. The van der Waals surface area contributed by atoms with Gasteiger partial charge >= 0.3 is 0 Å². The van der Waals surface area contributed by atoms with Gasteiger partial charge in [0.25, 0.3) is 17.7 Å². The fraction of sp³-hybridized carbons (Fsp3) is 0.304. The van der Waals surface area contributed by atoms with Gasteiger partial charge in [0.1, 0.15) is 6.54 Å². The van der Waals surface area contributed by atoms with Crippen molar-refractivity contribution >= 4 is 82.9 Å². The highest BCUT2D eigenvalue weighted by Crippen LogP contribution is 2.43. The van der Waals surface area contributed by atoms with Crippen LogP contribution in [0, 0.1) is 11.8 Å². The first kappa shape index (κ1) is 24.6. The first-order valence-electron chi connectivity index (χ1n) is 10.2. The number of hydrogen-bond acceptors (Lipinski definition) is 4. The van der Waals surface area contributed by atoms with Crippen molar-refractivity contribution in [2.75, 3.05) is 6.54 Å². The molecule has 0 unspecified atom stereocenters. The Bertz CT molecular complexity index is 1100. The maximum atomic E-state index is 13.5. The van der Waals surface area contributed by atoms with Crippen molar-refractivity contribution in [2.24, 2.45) is 11.8 Å². The minimum atomic E-state index is -0.683. The molecule has 2 aromatic carbocycles. The highest BCUT2D eigenvalue weighted by Gasteiger charge is 2.54. The third kappa shape index (κ3) is 4.83. The molecule has 2 aliphatic rings. The van der Waals surface area contributed by atoms with E-state index in [1.807, 2.05) is 0 Å². The van der Waals surface area contributed by atoms with Crippen LogP contribution in [0.3, 0.4) is 0 Å². The average Bonchev–Trinajstić information content (AvgIpc) is 3.02. The largest absolute Gasteiger partial charge is 0.292 e. The standard InChI is InChI=1S/C23H18Br3ClN2O4/c24-13-7-5-12(6-8-13)20(30)11-28(21(31)14-3-1-2-4-19(14)27)29-22(32)15-9-17(25)18(26)10-16(15)23(29)33/h1-8,15-18H,9-11H2/t15-,16+,17+,18-. The van der Waals surface area contributed by atoms with Crippen LogP contribution in [0.5, 0.6) is 0 Å². The SMILES string of the molecule is O=C(CN(C(=O)c1ccccc1Cl)N1C(=O)[C@H]2C[C@@H](Br)[C@@H](Br)C[C@H]2C1=O)c1ccc(Br)cc1. The van der Waals surface area contributed by atoms with Crippen LogP contribution in [-0.2, 0) is 9.59 Å². The molecule has 0 bridgehead atoms. The van der Waals surface area contributed by atoms with Crippen molar-refractivity contribution in [3.63, 3.8) is 0 Å². The van der Waals surface area contributed by atoms with E-state index in [1.54, 1.807) is 42.5 Å². The second-order valence-electron chi connectivity index (χ2n) is 7.98. The summed E-state index contributed by atoms with van der Waals surface area (Å²) in [4.78, 5) is 53.3. The van der Waals surface area contributed by atoms with Crippen LogP contribution in [-0.4, -0.2) is 49.7 Å². The molecule has 0 radical (unpaired) electrons. The summed E-state index contributed by atoms with van der Waals surface area (Å²) in [5.74, 6) is -3.15. The van der Waals surface area contributed by atoms with Crippen LogP contribution in [0.2, 0.25) is 5.02 Å². The summed E-state index contributed by atoms with van der Waals surface area (Å²) < 4.78 is 0.797. The molecule has 3 amide bonds. The van der Waals surface area contributed by atoms with Crippen molar-refractivity contribution in [3.05, 3.63) is 69.2 Å². The van der Waals surface area contributed by atoms with Gasteiger partial charge in [-0.1, -0.05) is 83.7 Å². The minimum absolute atomic E-state index is 0.0209. The number of nitrogens with zero attached hydrogens (tertiary/aromatic N) is 2. The summed E-state index contributed by atoms with van der Waals surface area (Å²) >= 11 is 16.7. The fourth-order valence-electron chi connectivity index (χ4n) is 4.19. The van der Waals surface area contributed by atoms with Gasteiger partial charge in [-0.3, -0.25) is 19.2 Å². The zero-order valence-corrected chi connectivity index (χ0v) is 22.6. The Morgan fingerprint density at radius 2 is 1.48 bits per heavy atom. The molecule has 1 saturated heterocycles. The normalized spacial score (nSPS) is 24.5. The van der Waals surface area contributed by atoms with Gasteiger partial charge < -0.3 is 0 Å². The number of hydrogen-bond donors (Lipinski definition) is 0. The van der Waals surface area contributed by atoms with Crippen molar-refractivity contribution in [3.8, 4) is 0 Å². The molecule has 2 aromatic rings. The van der Waals surface area contributed by atoms with E-state index in [0.29, 0.717) is 18.4 Å². The predicted molar refractivity (Wildman–Crippen MR) is 134 cm³/mol. The molecule has 0 spiro atoms. The first-order valence-corrected chi connectivity index (χ1v) is 13.2. The quantitative estimate of drug-likeness (QED) is 0.249. The number of fused-ring (bicyclic) bond motifs is 1. The lowest BCUT2D eigenvalue weighted by atomic mass is 9.81. The summed E-state index contributed by atoms with van der Waals surface area (Å²) in [6, 6.07) is 13.0. The van der Waals surface area contributed by atoms with Crippen LogP contribution in [0.1, 0.15) is 33.6 Å². The van der Waals surface area contributed by atoms with E-state index in [0.717, 1.165) is 14.5 Å². The second-order valence-corrected chi connectivity index (χ2v) is 11.7. The van der Waals surface area contributed by atoms with E-state index in [2.05, 4.69) is 47.8 Å². The number of carbonyl (C=O) groups excluding carboxylic acids is 4. The molecule has 4 atom stereocenters. The Morgan fingerprint density at radius 3 is 2.03 bits per heavy atom. The van der Waals surface area contributed by atoms with Gasteiger partial charge in [-0.05, 0) is 37.1 Å². The summed E-state index contributed by atoms with van der Waals surface area (Å²) in [5, 5.41) is 1.98. The zero-order chi connectivity index (χ0) is 23.9. The van der Waals surface area contributed by atoms with Gasteiger partial charge in [0.15, 0.2) is 5.78 Å². The van der Waals surface area contributed by atoms with Gasteiger partial charge in [-0.2, -0.15) is 5.01 Å². The third-order valence-electron chi connectivity index (χ3n) is 5.93. The monoisotopic (exact) mass is 658 g/mol. The van der Waals surface area contributed by atoms with Gasteiger partial charge in [0.2, 0.25) is 0 Å². The maximum Gasteiger partial charge on any atom is 0.274 e. The average molecular weight is 662 g/mol. The first-order chi connectivity index (χ1) is 15.7. The maximum absolute atomic E-state index is 13.5. The van der Waals surface area contributed by atoms with Crippen LogP contribution in [0.4, 0.5) is 0 Å². The molecule has 0 N–H and O–H groups in total. The van der Waals surface area contributed by atoms with Crippen LogP contribution >= 0.6 is 59.4 Å². The van der Waals surface area contributed by atoms with Gasteiger partial charge in [-0.15, -0.1) is 0 Å². The molecule has 6 nitrogen and oxygen atoms in total. The molecular weight excluding hydrogens is 643 g/mol. The van der Waals surface area contributed by atoms with E-state index in [9.17, 15) is 19.2 Å². The summed E-state index contributed by atoms with van der Waals surface area (Å²) in [5.41, 5.74) is 0.461. The smallest absolute Gasteiger partial charge is 0.274 e. The predicted octanol–water partition coefficient (Wildman–Crippen LogP) is 5.26. The number of carbonyl (C=O) groups is 4. The Morgan fingerprint density at radius 1 is 0.939 bits per heavy atom. The van der Waals surface area contributed by atoms with E-state index in [-0.39, 0.29) is 20.2 Å². The molecule has 4 rings (SSSR count). The van der Waals surface area contributed by atoms with Crippen molar-refractivity contribution in [2.45, 2.75) is 22.5 Å². The number of alkyl halides is 2. The molecule has 2 fully saturated rings. The Kier molecular flexibility index (Phi) is 7.43. The lowest BCUT2D eigenvalue weighted by Gasteiger charge is -2.30. The number of ketones is 1. The number of imide groups is 1. The Labute approximate surface area is 221 Å². The molecule has 1 aliphatic carbocycles. The molecule has 1 aliphatic heterocycles. The number of hydrazine groups is 1. The molecule has 172 valence electrons. The van der Waals surface area contributed by atoms with Crippen molar-refractivity contribution in [1.29, 1.82) is 0 Å². The van der Waals surface area contributed by atoms with E-state index in [1.165, 1.54) is 6.07 Å². The molecule has 1 saturated carbocycles. The van der Waals surface area contributed by atoms with Gasteiger partial charge in [0, 0.05) is 19.7 Å². The van der Waals surface area contributed by atoms with Crippen molar-refractivity contribution in [1.82, 2.24) is 10.0 Å². The topological polar surface area (TPSA) is 74.8 Å². The summed E-state index contributed by atoms with van der Waals surface area (Å²) in [6.45, 7) is -0.474. The lowest BCUT2D eigenvalue weighted by molar-refractivity contribution is -0.154. The van der Waals surface area contributed by atoms with Gasteiger partial charge in [-0.25, -0.2) is 5.01 Å². The summed E-state index contributed by atoms with van der Waals surface area (Å²) in [6.07, 6.45) is 0.910. The number of rotatable bonds is 5. The molecule has 33 heavy (non-hydrogen) atoms. The molecule has 0 aromatic heterocycles. The van der Waals surface area contributed by atoms with Crippen LogP contribution in [0.25, 0.3) is 0 Å². The number of halogens is 4. The Balaban J connectivity index is 1.71. The van der Waals surface area contributed by atoms with Gasteiger partial charge in [0.05, 0.1) is 22.4 Å². The second kappa shape index (κ2) is 9.98. The Hall–Kier alpha value is -1.55. The highest BCUT2D eigenvalue weighted by molar-refractivity contribution is 9.12. The number of Topliss-reactive ketones (excluding diaryl/α,β-unsaturated/α-hetero) is 1. The molecular formula is C23H18Br3ClN2O4. The number of amides is 3. The molecule has 10 heteroatoms. The fourth-order valence-corrected chi connectivity index (χ4v) is 5.90. The third-order valence-corrected chi connectivity index (χ3v) is 9.52. The molecule has 1 heterocycles. The minimum Gasteiger partial charge on any atom is -0.292 e. The van der Waals surface area contributed by atoms with E-state index < -0.39 is 41.9 Å². The summed E-state index contributed by atoms with van der Waals surface area (Å²) in [7, 11) is 0. The van der Waals surface area contributed by atoms with Crippen LogP contribution < -0.4 is 0 Å². The van der Waals surface area contributed by atoms with E-state index >= 15 is 0 Å². The van der Waals surface area contributed by atoms with Crippen molar-refractivity contribution < 1.29 is 19.2 Å².